The van der Waals surface area contributed by atoms with Gasteiger partial charge in [-0.3, -0.25) is 14.7 Å². The summed E-state index contributed by atoms with van der Waals surface area (Å²) >= 11 is 5.33. The molecule has 5 heteroatoms. The molecule has 1 aromatic heterocycles. The molecule has 104 valence electrons. The van der Waals surface area contributed by atoms with Gasteiger partial charge in [-0.05, 0) is 42.8 Å². The minimum Gasteiger partial charge on any atom is -0.328 e. The molecular formula is C15H17N3OS. The third kappa shape index (κ3) is 2.58. The van der Waals surface area contributed by atoms with E-state index in [9.17, 15) is 4.79 Å². The second kappa shape index (κ2) is 5.71. The monoisotopic (exact) mass is 287 g/mol. The number of carbonyl (C=O) groups excluding carboxylic acids is 1. The maximum Gasteiger partial charge on any atom is 0.276 e. The molecule has 0 atom stereocenters. The van der Waals surface area contributed by atoms with E-state index in [0.29, 0.717) is 10.8 Å². The number of aromatic nitrogens is 1. The maximum atomic E-state index is 12.5. The normalized spacial score (nSPS) is 22.4. The molecule has 1 amide bonds. The topological polar surface area (TPSA) is 45.2 Å². The van der Waals surface area contributed by atoms with Crippen LogP contribution >= 0.6 is 12.2 Å². The first-order valence-electron chi connectivity index (χ1n) is 7.02. The average Bonchev–Trinajstić information content (AvgIpc) is 2.75. The molecule has 0 radical (unpaired) electrons. The first kappa shape index (κ1) is 13.2. The highest BCUT2D eigenvalue weighted by atomic mass is 32.1. The molecule has 1 aromatic rings. The second-order valence-corrected chi connectivity index (χ2v) is 5.63. The summed E-state index contributed by atoms with van der Waals surface area (Å²) in [5.74, 6) is -0.00856. The Kier molecular flexibility index (Phi) is 3.78. The molecule has 1 N–H and O–H groups in total. The number of hydrogen-bond donors (Lipinski definition) is 1. The molecule has 0 aromatic carbocycles. The van der Waals surface area contributed by atoms with Gasteiger partial charge in [-0.25, -0.2) is 0 Å². The van der Waals surface area contributed by atoms with E-state index in [1.54, 1.807) is 17.3 Å². The van der Waals surface area contributed by atoms with Crippen molar-refractivity contribution in [3.63, 3.8) is 0 Å². The smallest absolute Gasteiger partial charge is 0.276 e. The van der Waals surface area contributed by atoms with Gasteiger partial charge in [-0.2, -0.15) is 0 Å². The highest BCUT2D eigenvalue weighted by Crippen LogP contribution is 2.26. The Balaban J connectivity index is 1.81. The van der Waals surface area contributed by atoms with Crippen LogP contribution in [0, 0.1) is 0 Å². The first-order valence-corrected chi connectivity index (χ1v) is 7.43. The lowest BCUT2D eigenvalue weighted by atomic mass is 9.94. The molecule has 1 aliphatic carbocycles. The fraction of sp³-hybridized carbons (Fsp3) is 0.400. The molecule has 3 rings (SSSR count). The van der Waals surface area contributed by atoms with E-state index in [1.165, 1.54) is 19.3 Å². The Hall–Kier alpha value is -1.75. The van der Waals surface area contributed by atoms with E-state index >= 15 is 0 Å². The molecule has 1 saturated carbocycles. The van der Waals surface area contributed by atoms with Gasteiger partial charge >= 0.3 is 0 Å². The number of nitrogens with one attached hydrogen (secondary N) is 1. The zero-order valence-corrected chi connectivity index (χ0v) is 12.0. The Morgan fingerprint density at radius 2 is 2.15 bits per heavy atom. The largest absolute Gasteiger partial charge is 0.328 e. The van der Waals surface area contributed by atoms with Crippen molar-refractivity contribution in [1.82, 2.24) is 15.2 Å². The summed E-state index contributed by atoms with van der Waals surface area (Å²) in [4.78, 5) is 18.3. The molecule has 2 aliphatic rings. The Morgan fingerprint density at radius 3 is 2.85 bits per heavy atom. The van der Waals surface area contributed by atoms with Crippen molar-refractivity contribution in [1.29, 1.82) is 0 Å². The summed E-state index contributed by atoms with van der Waals surface area (Å²) in [7, 11) is 0. The van der Waals surface area contributed by atoms with Crippen molar-refractivity contribution in [2.24, 2.45) is 0 Å². The summed E-state index contributed by atoms with van der Waals surface area (Å²) in [5, 5.41) is 3.58. The minimum absolute atomic E-state index is 0.00856. The van der Waals surface area contributed by atoms with Gasteiger partial charge in [0.25, 0.3) is 5.91 Å². The second-order valence-electron chi connectivity index (χ2n) is 5.24. The van der Waals surface area contributed by atoms with E-state index < -0.39 is 0 Å². The predicted octanol–water partition coefficient (Wildman–Crippen LogP) is 2.47. The molecule has 1 aliphatic heterocycles. The van der Waals surface area contributed by atoms with Gasteiger partial charge in [0, 0.05) is 18.4 Å². The molecular weight excluding hydrogens is 270 g/mol. The average molecular weight is 287 g/mol. The zero-order valence-electron chi connectivity index (χ0n) is 11.2. The van der Waals surface area contributed by atoms with Crippen LogP contribution in [0.1, 0.15) is 37.7 Å². The van der Waals surface area contributed by atoms with Crippen LogP contribution in [0.5, 0.6) is 0 Å². The van der Waals surface area contributed by atoms with Gasteiger partial charge in [0.15, 0.2) is 5.11 Å². The lowest BCUT2D eigenvalue weighted by Gasteiger charge is -2.29. The molecule has 0 unspecified atom stereocenters. The fourth-order valence-corrected chi connectivity index (χ4v) is 3.19. The Labute approximate surface area is 123 Å². The van der Waals surface area contributed by atoms with E-state index in [-0.39, 0.29) is 11.9 Å². The van der Waals surface area contributed by atoms with Crippen LogP contribution in [-0.2, 0) is 4.79 Å². The van der Waals surface area contributed by atoms with Crippen LogP contribution in [0.3, 0.4) is 0 Å². The zero-order chi connectivity index (χ0) is 13.9. The van der Waals surface area contributed by atoms with Crippen LogP contribution in [0.25, 0.3) is 6.08 Å². The lowest BCUT2D eigenvalue weighted by Crippen LogP contribution is -2.41. The van der Waals surface area contributed by atoms with Gasteiger partial charge in [0.2, 0.25) is 0 Å². The summed E-state index contributed by atoms with van der Waals surface area (Å²) in [5.41, 5.74) is 1.45. The van der Waals surface area contributed by atoms with Crippen molar-refractivity contribution in [2.75, 3.05) is 0 Å². The summed E-state index contributed by atoms with van der Waals surface area (Å²) in [6, 6.07) is 4.03. The summed E-state index contributed by atoms with van der Waals surface area (Å²) in [6.07, 6.45) is 11.0. The van der Waals surface area contributed by atoms with E-state index in [1.807, 2.05) is 18.2 Å². The highest BCUT2D eigenvalue weighted by Gasteiger charge is 2.36. The van der Waals surface area contributed by atoms with Crippen LogP contribution in [-0.4, -0.2) is 26.9 Å². The molecule has 20 heavy (non-hydrogen) atoms. The molecule has 2 fully saturated rings. The first-order chi connectivity index (χ1) is 9.75. The molecule has 2 heterocycles. The SMILES string of the molecule is O=C1/C(=C\c2cccnc2)NC(=S)N1C1CCCCC1. The van der Waals surface area contributed by atoms with Gasteiger partial charge in [0.05, 0.1) is 0 Å². The van der Waals surface area contributed by atoms with Crippen LogP contribution < -0.4 is 5.32 Å². The van der Waals surface area contributed by atoms with Crippen molar-refractivity contribution in [3.05, 3.63) is 35.8 Å². The van der Waals surface area contributed by atoms with Crippen molar-refractivity contribution >= 4 is 29.3 Å². The minimum atomic E-state index is -0.00856. The quantitative estimate of drug-likeness (QED) is 0.670. The number of thiocarbonyl (C=S) groups is 1. The fourth-order valence-electron chi connectivity index (χ4n) is 2.85. The Bertz CT molecular complexity index is 549. The van der Waals surface area contributed by atoms with Gasteiger partial charge in [-0.15, -0.1) is 0 Å². The van der Waals surface area contributed by atoms with Gasteiger partial charge < -0.3 is 5.32 Å². The number of carbonyl (C=O) groups is 1. The third-order valence-corrected chi connectivity index (χ3v) is 4.14. The number of rotatable bonds is 2. The molecule has 4 nitrogen and oxygen atoms in total. The highest BCUT2D eigenvalue weighted by molar-refractivity contribution is 7.80. The van der Waals surface area contributed by atoms with E-state index in [0.717, 1.165) is 18.4 Å². The third-order valence-electron chi connectivity index (χ3n) is 3.84. The summed E-state index contributed by atoms with van der Waals surface area (Å²) < 4.78 is 0. The molecule has 0 spiro atoms. The molecule has 0 bridgehead atoms. The van der Waals surface area contributed by atoms with Crippen LogP contribution in [0.4, 0.5) is 0 Å². The number of hydrogen-bond acceptors (Lipinski definition) is 3. The number of amides is 1. The van der Waals surface area contributed by atoms with Crippen LogP contribution in [0.2, 0.25) is 0 Å². The maximum absolute atomic E-state index is 12.5. The van der Waals surface area contributed by atoms with Gasteiger partial charge in [0.1, 0.15) is 5.70 Å². The van der Waals surface area contributed by atoms with E-state index in [4.69, 9.17) is 12.2 Å². The Morgan fingerprint density at radius 1 is 1.35 bits per heavy atom. The standard InChI is InChI=1S/C15H17N3OS/c19-14-13(9-11-5-4-8-16-10-11)17-15(20)18(14)12-6-2-1-3-7-12/h4-5,8-10,12H,1-3,6-7H2,(H,17,20)/b13-9+. The van der Waals surface area contributed by atoms with Crippen molar-refractivity contribution < 1.29 is 4.79 Å². The number of nitrogens with zero attached hydrogens (tertiary/aromatic N) is 2. The number of pyridine rings is 1. The lowest BCUT2D eigenvalue weighted by molar-refractivity contribution is -0.124. The van der Waals surface area contributed by atoms with E-state index in [2.05, 4.69) is 10.3 Å². The van der Waals surface area contributed by atoms with Crippen molar-refractivity contribution in [2.45, 2.75) is 38.1 Å². The molecule has 1 saturated heterocycles. The summed E-state index contributed by atoms with van der Waals surface area (Å²) in [6.45, 7) is 0. The van der Waals surface area contributed by atoms with Crippen LogP contribution in [0.15, 0.2) is 30.2 Å². The van der Waals surface area contributed by atoms with Crippen molar-refractivity contribution in [3.8, 4) is 0 Å². The van der Waals surface area contributed by atoms with Gasteiger partial charge in [-0.1, -0.05) is 25.3 Å². The predicted molar refractivity (Wildman–Crippen MR) is 81.7 cm³/mol.